The van der Waals surface area contributed by atoms with Gasteiger partial charge in [-0.25, -0.2) is 15.4 Å². The molecule has 5 rings (SSSR count). The van der Waals surface area contributed by atoms with E-state index in [4.69, 9.17) is 13.1 Å². The molecule has 0 aliphatic carbocycles. The molecule has 0 amide bonds. The molecule has 0 aliphatic rings. The summed E-state index contributed by atoms with van der Waals surface area (Å²) in [5, 5.41) is 18.6. The van der Waals surface area contributed by atoms with E-state index >= 15 is 0 Å². The Bertz CT molecular complexity index is 1700. The van der Waals surface area contributed by atoms with Crippen LogP contribution in [0, 0.1) is 47.9 Å². The third-order valence-electron chi connectivity index (χ3n) is 5.42. The van der Waals surface area contributed by atoms with Crippen LogP contribution in [0.1, 0.15) is 11.1 Å². The van der Waals surface area contributed by atoms with Gasteiger partial charge in [0.05, 0.1) is 6.57 Å². The molecule has 0 saturated heterocycles. The Balaban J connectivity index is 0.000000270. The standard InChI is InChI=1S/C21H8N5.C11H8N.Ir/c1-24-20-17(10-16(12-22)18(13-23)21(20)25-2)19-11-15(8-9-26-19)14-6-4-3-5-7-14;1-2-6-10(7-3-1)11-8-4-5-9-12-11;/h3-9,11H;1-6,8-9H;/q2*-1;. The molecule has 2 aromatic heterocycles. The summed E-state index contributed by atoms with van der Waals surface area (Å²) >= 11 is 0. The van der Waals surface area contributed by atoms with Gasteiger partial charge in [0.2, 0.25) is 5.69 Å². The van der Waals surface area contributed by atoms with E-state index in [1.54, 1.807) is 18.5 Å². The molecule has 0 N–H and O–H groups in total. The normalized spacial score (nSPS) is 9.23. The van der Waals surface area contributed by atoms with Gasteiger partial charge in [-0.05, 0) is 46.1 Å². The molecule has 5 aromatic rings. The topological polar surface area (TPSA) is 82.1 Å². The molecule has 0 spiro atoms. The van der Waals surface area contributed by atoms with E-state index in [0.717, 1.165) is 22.4 Å². The van der Waals surface area contributed by atoms with Gasteiger partial charge in [0.15, 0.2) is 0 Å². The van der Waals surface area contributed by atoms with Gasteiger partial charge in [-0.3, -0.25) is 4.98 Å². The minimum absolute atomic E-state index is 0. The van der Waals surface area contributed by atoms with Crippen molar-refractivity contribution in [2.45, 2.75) is 0 Å². The molecule has 1 radical (unpaired) electrons. The van der Waals surface area contributed by atoms with Gasteiger partial charge in [0.1, 0.15) is 6.57 Å². The Morgan fingerprint density at radius 3 is 2.05 bits per heavy atom. The summed E-state index contributed by atoms with van der Waals surface area (Å²) < 4.78 is 0. The average Bonchev–Trinajstić information content (AvgIpc) is 3.01. The van der Waals surface area contributed by atoms with Crippen molar-refractivity contribution < 1.29 is 20.1 Å². The first-order valence-corrected chi connectivity index (χ1v) is 11.3. The van der Waals surface area contributed by atoms with Crippen LogP contribution in [0.5, 0.6) is 0 Å². The smallest absolute Gasteiger partial charge is 0.263 e. The second kappa shape index (κ2) is 13.8. The number of hydrogen-bond donors (Lipinski definition) is 0. The predicted molar refractivity (Wildman–Crippen MR) is 144 cm³/mol. The molecule has 0 saturated carbocycles. The van der Waals surface area contributed by atoms with Crippen molar-refractivity contribution in [3.63, 3.8) is 0 Å². The summed E-state index contributed by atoms with van der Waals surface area (Å²) in [4.78, 5) is 15.2. The Labute approximate surface area is 240 Å². The van der Waals surface area contributed by atoms with E-state index in [2.05, 4.69) is 31.8 Å². The average molecular weight is 677 g/mol. The van der Waals surface area contributed by atoms with Crippen LogP contribution in [0.15, 0.2) is 97.3 Å². The molecular formula is C32H16IrN6-2. The molecule has 3 aromatic carbocycles. The maximum absolute atomic E-state index is 9.30. The summed E-state index contributed by atoms with van der Waals surface area (Å²) in [5.74, 6) is 0. The van der Waals surface area contributed by atoms with Gasteiger partial charge in [-0.15, -0.1) is 35.9 Å². The fourth-order valence-corrected chi connectivity index (χ4v) is 3.65. The van der Waals surface area contributed by atoms with Gasteiger partial charge in [-0.2, -0.15) is 4.85 Å². The molecule has 39 heavy (non-hydrogen) atoms. The molecule has 0 bridgehead atoms. The Kier molecular flexibility index (Phi) is 9.93. The zero-order chi connectivity index (χ0) is 26.7. The quantitative estimate of drug-likeness (QED) is 0.184. The molecule has 0 atom stereocenters. The second-order valence-corrected chi connectivity index (χ2v) is 7.68. The van der Waals surface area contributed by atoms with Crippen LogP contribution in [-0.4, -0.2) is 9.97 Å². The molecule has 185 valence electrons. The fraction of sp³-hybridized carbons (Fsp3) is 0. The van der Waals surface area contributed by atoms with Crippen LogP contribution in [0.4, 0.5) is 11.4 Å². The molecule has 7 heteroatoms. The molecule has 0 fully saturated rings. The third kappa shape index (κ3) is 6.47. The van der Waals surface area contributed by atoms with Crippen LogP contribution in [0.25, 0.3) is 43.3 Å². The first kappa shape index (κ1) is 28.1. The predicted octanol–water partition coefficient (Wildman–Crippen LogP) is 7.61. The van der Waals surface area contributed by atoms with Gasteiger partial charge < -0.3 is 4.98 Å². The Morgan fingerprint density at radius 2 is 1.44 bits per heavy atom. The monoisotopic (exact) mass is 677 g/mol. The summed E-state index contributed by atoms with van der Waals surface area (Å²) in [7, 11) is 0. The van der Waals surface area contributed by atoms with Gasteiger partial charge in [0.25, 0.3) is 5.69 Å². The van der Waals surface area contributed by atoms with Crippen LogP contribution in [0.3, 0.4) is 0 Å². The van der Waals surface area contributed by atoms with Gasteiger partial charge >= 0.3 is 0 Å². The van der Waals surface area contributed by atoms with Crippen LogP contribution >= 0.6 is 0 Å². The molecule has 0 aliphatic heterocycles. The van der Waals surface area contributed by atoms with Gasteiger partial charge in [0, 0.05) is 49.8 Å². The van der Waals surface area contributed by atoms with Crippen molar-refractivity contribution in [2.24, 2.45) is 0 Å². The molecule has 6 nitrogen and oxygen atoms in total. The van der Waals surface area contributed by atoms with E-state index in [1.807, 2.05) is 91.0 Å². The van der Waals surface area contributed by atoms with E-state index < -0.39 is 0 Å². The zero-order valence-corrected chi connectivity index (χ0v) is 22.6. The number of rotatable bonds is 3. The van der Waals surface area contributed by atoms with E-state index in [0.29, 0.717) is 5.69 Å². The summed E-state index contributed by atoms with van der Waals surface area (Å²) in [6, 6.07) is 36.6. The number of pyridine rings is 2. The van der Waals surface area contributed by atoms with E-state index in [-0.39, 0.29) is 48.2 Å². The number of nitriles is 2. The maximum atomic E-state index is 9.30. The van der Waals surface area contributed by atoms with E-state index in [9.17, 15) is 10.5 Å². The summed E-state index contributed by atoms with van der Waals surface area (Å²) in [5.41, 5.74) is 4.18. The van der Waals surface area contributed by atoms with Crippen LogP contribution in [0.2, 0.25) is 0 Å². The largest absolute Gasteiger partial charge is 0.305 e. The SMILES string of the molecule is [C-]#[N+]c1c(-c2cc(-c3ccccc3)ccn2)[c-]c(C#N)c(C#N)c1[N+]#[C-].[Ir].[c-]1ccccc1-c1ccccn1. The number of nitrogens with zero attached hydrogens (tertiary/aromatic N) is 6. The van der Waals surface area contributed by atoms with Crippen molar-refractivity contribution in [3.8, 4) is 45.8 Å². The van der Waals surface area contributed by atoms with Crippen molar-refractivity contribution in [1.82, 2.24) is 9.97 Å². The first-order valence-electron chi connectivity index (χ1n) is 11.3. The Hall–Kier alpha value is -5.43. The summed E-state index contributed by atoms with van der Waals surface area (Å²) in [6.07, 6.45) is 3.39. The minimum atomic E-state index is -0.139. The second-order valence-electron chi connectivity index (χ2n) is 7.68. The van der Waals surface area contributed by atoms with Crippen molar-refractivity contribution in [3.05, 3.63) is 143 Å². The first-order chi connectivity index (χ1) is 18.7. The zero-order valence-electron chi connectivity index (χ0n) is 20.3. The maximum Gasteiger partial charge on any atom is 0.263 e. The van der Waals surface area contributed by atoms with Crippen molar-refractivity contribution >= 4 is 11.4 Å². The Morgan fingerprint density at radius 1 is 0.718 bits per heavy atom. The molecular weight excluding hydrogens is 661 g/mol. The summed E-state index contributed by atoms with van der Waals surface area (Å²) in [6.45, 7) is 14.8. The van der Waals surface area contributed by atoms with Gasteiger partial charge in [-0.1, -0.05) is 54.6 Å². The van der Waals surface area contributed by atoms with Crippen LogP contribution in [-0.2, 0) is 20.1 Å². The van der Waals surface area contributed by atoms with E-state index in [1.165, 1.54) is 0 Å². The minimum Gasteiger partial charge on any atom is -0.305 e. The number of aromatic nitrogens is 2. The van der Waals surface area contributed by atoms with Crippen molar-refractivity contribution in [1.29, 1.82) is 10.5 Å². The third-order valence-corrected chi connectivity index (χ3v) is 5.42. The van der Waals surface area contributed by atoms with Crippen LogP contribution < -0.4 is 0 Å². The molecule has 0 unspecified atom stereocenters. The molecule has 2 heterocycles. The number of hydrogen-bond acceptors (Lipinski definition) is 4. The van der Waals surface area contributed by atoms with Crippen molar-refractivity contribution in [2.75, 3.05) is 0 Å². The number of benzene rings is 3. The fourth-order valence-electron chi connectivity index (χ4n) is 3.65.